The van der Waals surface area contributed by atoms with Crippen molar-refractivity contribution < 1.29 is 13.9 Å². The van der Waals surface area contributed by atoms with Crippen molar-refractivity contribution in [2.24, 2.45) is 0 Å². The molecule has 0 spiro atoms. The monoisotopic (exact) mass is 308 g/mol. The summed E-state index contributed by atoms with van der Waals surface area (Å²) < 4.78 is 26.4. The highest BCUT2D eigenvalue weighted by Gasteiger charge is 2.10. The Hall–Kier alpha value is -2.21. The number of halogens is 2. The molecule has 2 aromatic rings. The second-order valence-corrected chi connectivity index (χ2v) is 4.93. The van der Waals surface area contributed by atoms with Crippen LogP contribution in [-0.4, -0.2) is 10.2 Å². The molecule has 0 bridgehead atoms. The van der Waals surface area contributed by atoms with Crippen LogP contribution in [0, 0.1) is 18.6 Å². The smallest absolute Gasteiger partial charge is 0.187 e. The summed E-state index contributed by atoms with van der Waals surface area (Å²) in [5.41, 5.74) is 2.32. The van der Waals surface area contributed by atoms with Crippen LogP contribution in [0.25, 0.3) is 0 Å². The first kappa shape index (κ1) is 15.2. The fourth-order valence-corrected chi connectivity index (χ4v) is 1.99. The molecule has 0 saturated carbocycles. The van der Waals surface area contributed by atoms with Gasteiger partial charge in [-0.25, -0.2) is 8.78 Å². The van der Waals surface area contributed by atoms with Crippen LogP contribution >= 0.6 is 12.2 Å². The van der Waals surface area contributed by atoms with Crippen molar-refractivity contribution in [2.45, 2.75) is 13.5 Å². The Balaban J connectivity index is 1.98. The first-order chi connectivity index (χ1) is 9.97. The molecular weight excluding hydrogens is 294 g/mol. The first-order valence-electron chi connectivity index (χ1n) is 6.24. The van der Waals surface area contributed by atoms with Gasteiger partial charge >= 0.3 is 0 Å². The van der Waals surface area contributed by atoms with Gasteiger partial charge in [-0.05, 0) is 30.3 Å². The summed E-state index contributed by atoms with van der Waals surface area (Å²) in [4.78, 5) is 0. The Morgan fingerprint density at radius 1 is 1.19 bits per heavy atom. The molecule has 21 heavy (non-hydrogen) atoms. The summed E-state index contributed by atoms with van der Waals surface area (Å²) in [6, 6.07) is 9.76. The van der Waals surface area contributed by atoms with Gasteiger partial charge < -0.3 is 15.7 Å². The second-order valence-electron chi connectivity index (χ2n) is 4.52. The fraction of sp³-hybridized carbons (Fsp3) is 0.133. The standard InChI is InChI=1S/C15H14F2N2OS/c1-9-4-2-3-5-10(9)8-18-15(21)19-11-6-12(16)14(20)13(17)7-11/h2-7,20H,8H2,1H3,(H2,18,19,21). The SMILES string of the molecule is Cc1ccccc1CNC(=S)Nc1cc(F)c(O)c(F)c1. The van der Waals surface area contributed by atoms with Crippen LogP contribution in [0.2, 0.25) is 0 Å². The number of hydrogen-bond donors (Lipinski definition) is 3. The summed E-state index contributed by atoms with van der Waals surface area (Å²) >= 11 is 5.07. The van der Waals surface area contributed by atoms with Crippen LogP contribution in [0.4, 0.5) is 14.5 Å². The third-order valence-corrected chi connectivity index (χ3v) is 3.22. The highest BCUT2D eigenvalue weighted by Crippen LogP contribution is 2.24. The zero-order valence-electron chi connectivity index (χ0n) is 11.3. The van der Waals surface area contributed by atoms with Crippen LogP contribution in [0.1, 0.15) is 11.1 Å². The van der Waals surface area contributed by atoms with E-state index in [2.05, 4.69) is 10.6 Å². The van der Waals surface area contributed by atoms with Crippen molar-refractivity contribution >= 4 is 23.0 Å². The molecule has 0 saturated heterocycles. The first-order valence-corrected chi connectivity index (χ1v) is 6.65. The van der Waals surface area contributed by atoms with Gasteiger partial charge in [-0.15, -0.1) is 0 Å². The maximum atomic E-state index is 13.2. The molecule has 0 amide bonds. The van der Waals surface area contributed by atoms with Crippen molar-refractivity contribution in [2.75, 3.05) is 5.32 Å². The third-order valence-electron chi connectivity index (χ3n) is 2.98. The minimum absolute atomic E-state index is 0.130. The van der Waals surface area contributed by atoms with Gasteiger partial charge in [0.2, 0.25) is 0 Å². The van der Waals surface area contributed by atoms with E-state index in [1.165, 1.54) is 0 Å². The third kappa shape index (κ3) is 3.88. The van der Waals surface area contributed by atoms with Crippen molar-refractivity contribution in [1.29, 1.82) is 0 Å². The molecule has 0 radical (unpaired) electrons. The number of aromatic hydroxyl groups is 1. The van der Waals surface area contributed by atoms with Gasteiger partial charge in [0.05, 0.1) is 0 Å². The minimum atomic E-state index is -1.04. The maximum Gasteiger partial charge on any atom is 0.187 e. The molecule has 0 aliphatic rings. The molecule has 0 aromatic heterocycles. The lowest BCUT2D eigenvalue weighted by molar-refractivity contribution is 0.396. The van der Waals surface area contributed by atoms with Crippen LogP contribution in [0.5, 0.6) is 5.75 Å². The second kappa shape index (κ2) is 6.49. The van der Waals surface area contributed by atoms with Gasteiger partial charge in [-0.2, -0.15) is 0 Å². The summed E-state index contributed by atoms with van der Waals surface area (Å²) in [6.07, 6.45) is 0. The Morgan fingerprint density at radius 3 is 2.43 bits per heavy atom. The highest BCUT2D eigenvalue weighted by atomic mass is 32.1. The summed E-state index contributed by atoms with van der Waals surface area (Å²) in [5.74, 6) is -3.09. The molecule has 0 atom stereocenters. The van der Waals surface area contributed by atoms with Gasteiger partial charge in [0.1, 0.15) is 0 Å². The predicted molar refractivity (Wildman–Crippen MR) is 82.3 cm³/mol. The van der Waals surface area contributed by atoms with E-state index in [-0.39, 0.29) is 10.8 Å². The van der Waals surface area contributed by atoms with Gasteiger partial charge in [-0.1, -0.05) is 24.3 Å². The topological polar surface area (TPSA) is 44.3 Å². The number of nitrogens with one attached hydrogen (secondary N) is 2. The predicted octanol–water partition coefficient (Wildman–Crippen LogP) is 3.47. The molecule has 110 valence electrons. The van der Waals surface area contributed by atoms with Crippen LogP contribution in [0.15, 0.2) is 36.4 Å². The molecule has 0 aliphatic carbocycles. The van der Waals surface area contributed by atoms with Crippen molar-refractivity contribution in [3.8, 4) is 5.75 Å². The van der Waals surface area contributed by atoms with E-state index < -0.39 is 17.4 Å². The number of rotatable bonds is 3. The number of benzene rings is 2. The number of phenolic OH excluding ortho intramolecular Hbond substituents is 1. The maximum absolute atomic E-state index is 13.2. The van der Waals surface area contributed by atoms with Crippen LogP contribution in [0.3, 0.4) is 0 Å². The lowest BCUT2D eigenvalue weighted by Crippen LogP contribution is -2.28. The highest BCUT2D eigenvalue weighted by molar-refractivity contribution is 7.80. The van der Waals surface area contributed by atoms with Crippen LogP contribution < -0.4 is 10.6 Å². The van der Waals surface area contributed by atoms with E-state index in [0.29, 0.717) is 6.54 Å². The average Bonchev–Trinajstić information content (AvgIpc) is 2.44. The molecule has 0 heterocycles. The quantitative estimate of drug-likeness (QED) is 0.600. The van der Waals surface area contributed by atoms with E-state index >= 15 is 0 Å². The van der Waals surface area contributed by atoms with Gasteiger partial charge in [0, 0.05) is 24.4 Å². The van der Waals surface area contributed by atoms with Crippen molar-refractivity contribution in [3.63, 3.8) is 0 Å². The summed E-state index contributed by atoms with van der Waals surface area (Å²) in [5, 5.41) is 14.9. The summed E-state index contributed by atoms with van der Waals surface area (Å²) in [6.45, 7) is 2.49. The Morgan fingerprint density at radius 2 is 1.81 bits per heavy atom. The molecule has 3 N–H and O–H groups in total. The molecule has 2 rings (SSSR count). The van der Waals surface area contributed by atoms with Gasteiger partial charge in [-0.3, -0.25) is 0 Å². The van der Waals surface area contributed by atoms with E-state index in [1.807, 2.05) is 31.2 Å². The lowest BCUT2D eigenvalue weighted by atomic mass is 10.1. The van der Waals surface area contributed by atoms with E-state index in [4.69, 9.17) is 17.3 Å². The average molecular weight is 308 g/mol. The number of hydrogen-bond acceptors (Lipinski definition) is 2. The Bertz CT molecular complexity index is 653. The zero-order chi connectivity index (χ0) is 15.4. The molecule has 3 nitrogen and oxygen atoms in total. The fourth-order valence-electron chi connectivity index (χ4n) is 1.80. The molecule has 0 unspecified atom stereocenters. The lowest BCUT2D eigenvalue weighted by Gasteiger charge is -2.12. The van der Waals surface area contributed by atoms with Crippen LogP contribution in [-0.2, 0) is 6.54 Å². The number of thiocarbonyl (C=S) groups is 1. The number of anilines is 1. The summed E-state index contributed by atoms with van der Waals surface area (Å²) in [7, 11) is 0. The largest absolute Gasteiger partial charge is 0.503 e. The molecule has 2 aromatic carbocycles. The van der Waals surface area contributed by atoms with Crippen molar-refractivity contribution in [3.05, 3.63) is 59.2 Å². The molecule has 6 heteroatoms. The zero-order valence-corrected chi connectivity index (χ0v) is 12.1. The van der Waals surface area contributed by atoms with E-state index in [0.717, 1.165) is 23.3 Å². The van der Waals surface area contributed by atoms with E-state index in [9.17, 15) is 8.78 Å². The molecule has 0 aliphatic heterocycles. The Labute approximate surface area is 126 Å². The minimum Gasteiger partial charge on any atom is -0.503 e. The number of aryl methyl sites for hydroxylation is 1. The Kier molecular flexibility index (Phi) is 4.70. The molecule has 0 fully saturated rings. The van der Waals surface area contributed by atoms with Crippen molar-refractivity contribution in [1.82, 2.24) is 5.32 Å². The van der Waals surface area contributed by atoms with E-state index in [1.54, 1.807) is 0 Å². The normalized spacial score (nSPS) is 10.2. The number of phenols is 1. The van der Waals surface area contributed by atoms with Gasteiger partial charge in [0.25, 0.3) is 0 Å². The molecular formula is C15H14F2N2OS. The van der Waals surface area contributed by atoms with Gasteiger partial charge in [0.15, 0.2) is 22.5 Å².